The molecule has 0 heterocycles. The number of ether oxygens (including phenoxy) is 3. The molecule has 0 aromatic heterocycles. The number of hydrogen-bond donors (Lipinski definition) is 0. The molecule has 0 amide bonds. The van der Waals surface area contributed by atoms with Crippen molar-refractivity contribution in [1.29, 1.82) is 0 Å². The lowest BCUT2D eigenvalue weighted by atomic mass is 10.2. The number of rotatable bonds is 11. The first-order valence-corrected chi connectivity index (χ1v) is 10.4. The summed E-state index contributed by atoms with van der Waals surface area (Å²) in [7, 11) is 0. The summed E-state index contributed by atoms with van der Waals surface area (Å²) in [5.74, 6) is -1.43. The van der Waals surface area contributed by atoms with E-state index >= 15 is 0 Å². The Labute approximate surface area is 187 Å². The van der Waals surface area contributed by atoms with Gasteiger partial charge in [-0.3, -0.25) is 4.79 Å². The van der Waals surface area contributed by atoms with Gasteiger partial charge in [0.05, 0.1) is 12.2 Å². The molecule has 0 aliphatic rings. The maximum absolute atomic E-state index is 12.4. The molecule has 2 rings (SSSR count). The molecule has 0 fully saturated rings. The average Bonchev–Trinajstić information content (AvgIpc) is 2.73. The second kappa shape index (κ2) is 12.3. The van der Waals surface area contributed by atoms with E-state index in [1.807, 2.05) is 0 Å². The topological polar surface area (TPSA) is 131 Å². The SMILES string of the molecule is CC(=O)Oc1ccccc1C(=O)OC(C)OC(=O)c1ccc(SCCCO[N+](=O)[O-])cc1. The predicted molar refractivity (Wildman–Crippen MR) is 113 cm³/mol. The van der Waals surface area contributed by atoms with E-state index < -0.39 is 29.3 Å². The van der Waals surface area contributed by atoms with Crippen molar-refractivity contribution in [2.24, 2.45) is 0 Å². The molecule has 2 aromatic rings. The Kier molecular flexibility index (Phi) is 9.48. The normalized spacial score (nSPS) is 11.2. The molecule has 170 valence electrons. The van der Waals surface area contributed by atoms with Crippen LogP contribution in [0.25, 0.3) is 0 Å². The van der Waals surface area contributed by atoms with Crippen LogP contribution in [0.1, 0.15) is 41.0 Å². The maximum atomic E-state index is 12.4. The smallest absolute Gasteiger partial charge is 0.345 e. The number of esters is 3. The zero-order valence-electron chi connectivity index (χ0n) is 17.3. The van der Waals surface area contributed by atoms with E-state index in [0.717, 1.165) is 4.90 Å². The predicted octanol–water partition coefficient (Wildman–Crippen LogP) is 3.66. The number of thioether (sulfide) groups is 1. The van der Waals surface area contributed by atoms with Crippen molar-refractivity contribution in [3.8, 4) is 5.75 Å². The summed E-state index contributed by atoms with van der Waals surface area (Å²) in [5, 5.41) is 9.25. The van der Waals surface area contributed by atoms with Gasteiger partial charge in [-0.05, 0) is 48.6 Å². The summed E-state index contributed by atoms with van der Waals surface area (Å²) in [6.07, 6.45) is -0.685. The average molecular weight is 463 g/mol. The van der Waals surface area contributed by atoms with Crippen LogP contribution in [0.5, 0.6) is 5.75 Å². The van der Waals surface area contributed by atoms with Crippen molar-refractivity contribution >= 4 is 29.7 Å². The summed E-state index contributed by atoms with van der Waals surface area (Å²) in [6, 6.07) is 12.6. The van der Waals surface area contributed by atoms with Crippen molar-refractivity contribution in [1.82, 2.24) is 0 Å². The van der Waals surface area contributed by atoms with Gasteiger partial charge in [-0.25, -0.2) is 9.59 Å². The number of benzene rings is 2. The number of carbonyl (C=O) groups is 3. The van der Waals surface area contributed by atoms with E-state index in [9.17, 15) is 24.5 Å². The monoisotopic (exact) mass is 463 g/mol. The number of carbonyl (C=O) groups excluding carboxylic acids is 3. The molecule has 1 atom stereocenters. The zero-order valence-corrected chi connectivity index (χ0v) is 18.2. The lowest BCUT2D eigenvalue weighted by Gasteiger charge is -2.15. The van der Waals surface area contributed by atoms with Gasteiger partial charge in [0.1, 0.15) is 11.3 Å². The molecule has 0 bridgehead atoms. The minimum atomic E-state index is -1.18. The van der Waals surface area contributed by atoms with Gasteiger partial charge in [0.2, 0.25) is 6.29 Å². The van der Waals surface area contributed by atoms with Crippen LogP contribution in [0.4, 0.5) is 0 Å². The fraction of sp³-hybridized carbons (Fsp3) is 0.286. The van der Waals surface area contributed by atoms with Crippen molar-refractivity contribution in [2.75, 3.05) is 12.4 Å². The van der Waals surface area contributed by atoms with Gasteiger partial charge < -0.3 is 19.0 Å². The lowest BCUT2D eigenvalue weighted by Crippen LogP contribution is -2.22. The minimum Gasteiger partial charge on any atom is -0.426 e. The fourth-order valence-electron chi connectivity index (χ4n) is 2.41. The molecule has 0 saturated heterocycles. The third-order valence-electron chi connectivity index (χ3n) is 3.75. The van der Waals surface area contributed by atoms with Gasteiger partial charge in [-0.2, -0.15) is 0 Å². The van der Waals surface area contributed by atoms with Crippen LogP contribution in [0.2, 0.25) is 0 Å². The molecule has 11 heteroatoms. The highest BCUT2D eigenvalue weighted by Crippen LogP contribution is 2.21. The second-order valence-corrected chi connectivity index (χ2v) is 7.42. The first-order chi connectivity index (χ1) is 15.3. The third-order valence-corrected chi connectivity index (χ3v) is 4.85. The Morgan fingerprint density at radius 1 is 1.03 bits per heavy atom. The maximum Gasteiger partial charge on any atom is 0.345 e. The second-order valence-electron chi connectivity index (χ2n) is 6.25. The third kappa shape index (κ3) is 8.26. The van der Waals surface area contributed by atoms with Crippen molar-refractivity contribution in [3.63, 3.8) is 0 Å². The number of nitrogens with zero attached hydrogens (tertiary/aromatic N) is 1. The Morgan fingerprint density at radius 2 is 1.69 bits per heavy atom. The summed E-state index contributed by atoms with van der Waals surface area (Å²) < 4.78 is 15.3. The first-order valence-electron chi connectivity index (χ1n) is 9.46. The fourth-order valence-corrected chi connectivity index (χ4v) is 3.24. The van der Waals surface area contributed by atoms with Gasteiger partial charge in [0, 0.05) is 18.7 Å². The van der Waals surface area contributed by atoms with E-state index in [1.54, 1.807) is 36.4 Å². The van der Waals surface area contributed by atoms with E-state index in [-0.39, 0.29) is 23.5 Å². The molecule has 0 aliphatic heterocycles. The number of para-hydroxylation sites is 1. The van der Waals surface area contributed by atoms with Gasteiger partial charge in [0.25, 0.3) is 5.09 Å². The molecule has 0 saturated carbocycles. The van der Waals surface area contributed by atoms with E-state index in [4.69, 9.17) is 14.2 Å². The summed E-state index contributed by atoms with van der Waals surface area (Å²) in [6.45, 7) is 2.62. The van der Waals surface area contributed by atoms with Crippen LogP contribution in [0.15, 0.2) is 53.4 Å². The molecule has 2 aromatic carbocycles. The van der Waals surface area contributed by atoms with Crippen molar-refractivity contribution in [2.45, 2.75) is 31.5 Å². The molecule has 32 heavy (non-hydrogen) atoms. The quantitative estimate of drug-likeness (QED) is 0.0925. The van der Waals surface area contributed by atoms with E-state index in [1.165, 1.54) is 37.7 Å². The van der Waals surface area contributed by atoms with Crippen molar-refractivity contribution < 1.29 is 38.5 Å². The lowest BCUT2D eigenvalue weighted by molar-refractivity contribution is -0.757. The van der Waals surface area contributed by atoms with Crippen LogP contribution in [0, 0.1) is 10.1 Å². The molecule has 1 unspecified atom stereocenters. The minimum absolute atomic E-state index is 0.0202. The van der Waals surface area contributed by atoms with Crippen molar-refractivity contribution in [3.05, 3.63) is 69.8 Å². The van der Waals surface area contributed by atoms with Gasteiger partial charge in [0.15, 0.2) is 0 Å². The van der Waals surface area contributed by atoms with Crippen LogP contribution >= 0.6 is 11.8 Å². The molecule has 10 nitrogen and oxygen atoms in total. The molecule has 0 spiro atoms. The summed E-state index contributed by atoms with van der Waals surface area (Å²) >= 11 is 1.46. The van der Waals surface area contributed by atoms with Crippen LogP contribution in [0.3, 0.4) is 0 Å². The largest absolute Gasteiger partial charge is 0.426 e. The van der Waals surface area contributed by atoms with E-state index in [0.29, 0.717) is 12.2 Å². The highest BCUT2D eigenvalue weighted by Gasteiger charge is 2.20. The van der Waals surface area contributed by atoms with Crippen LogP contribution in [-0.2, 0) is 19.1 Å². The van der Waals surface area contributed by atoms with Gasteiger partial charge in [-0.15, -0.1) is 21.9 Å². The standard InChI is InChI=1S/C21H21NO9S/c1-14(23)29-19-7-4-3-6-18(19)21(25)31-15(2)30-20(24)16-8-10-17(11-9-16)32-13-5-12-28-22(26)27/h3-4,6-11,15H,5,12-13H2,1-2H3. The molecular formula is C21H21NO9S. The van der Waals surface area contributed by atoms with Gasteiger partial charge >= 0.3 is 17.9 Å². The molecule has 0 aliphatic carbocycles. The zero-order chi connectivity index (χ0) is 23.5. The highest BCUT2D eigenvalue weighted by molar-refractivity contribution is 7.99. The molecule has 0 radical (unpaired) electrons. The highest BCUT2D eigenvalue weighted by atomic mass is 32.2. The van der Waals surface area contributed by atoms with E-state index in [2.05, 4.69) is 4.84 Å². The summed E-state index contributed by atoms with van der Waals surface area (Å²) in [5.41, 5.74) is 0.282. The van der Waals surface area contributed by atoms with Gasteiger partial charge in [-0.1, -0.05) is 12.1 Å². The first kappa shape index (κ1) is 24.7. The Balaban J connectivity index is 1.85. The Morgan fingerprint density at radius 3 is 2.34 bits per heavy atom. The Bertz CT molecular complexity index is 962. The van der Waals surface area contributed by atoms with Crippen LogP contribution in [-0.4, -0.2) is 41.6 Å². The molecular weight excluding hydrogens is 442 g/mol. The summed E-state index contributed by atoms with van der Waals surface area (Å²) in [4.78, 5) is 51.0. The molecule has 0 N–H and O–H groups in total. The number of hydrogen-bond acceptors (Lipinski definition) is 10. The van der Waals surface area contributed by atoms with Crippen LogP contribution < -0.4 is 4.74 Å². The Hall–Kier alpha value is -3.60.